The van der Waals surface area contributed by atoms with Crippen LogP contribution in [0.4, 0.5) is 0 Å². The van der Waals surface area contributed by atoms with E-state index in [1.165, 1.54) is 0 Å². The number of rotatable bonds is 3. The first kappa shape index (κ1) is 11.6. The van der Waals surface area contributed by atoms with Crippen molar-refractivity contribution in [1.29, 1.82) is 0 Å². The second-order valence-electron chi connectivity index (χ2n) is 3.57. The second-order valence-corrected chi connectivity index (χ2v) is 3.91. The molecule has 2 heterocycles. The van der Waals surface area contributed by atoms with Crippen LogP contribution in [0.1, 0.15) is 0 Å². The van der Waals surface area contributed by atoms with E-state index in [-0.39, 0.29) is 11.3 Å². The molecule has 0 unspecified atom stereocenters. The third-order valence-electron chi connectivity index (χ3n) is 2.26. The molecule has 7 heteroatoms. The van der Waals surface area contributed by atoms with Gasteiger partial charge in [-0.3, -0.25) is 4.57 Å². The van der Waals surface area contributed by atoms with Crippen LogP contribution in [0.15, 0.2) is 49.1 Å². The average molecular weight is 274 g/mol. The maximum Gasteiger partial charge on any atom is 0.328 e. The lowest BCUT2D eigenvalue weighted by Gasteiger charge is -2.05. The number of imidazole rings is 1. The van der Waals surface area contributed by atoms with Crippen LogP contribution in [0, 0.1) is 0 Å². The van der Waals surface area contributed by atoms with E-state index in [9.17, 15) is 0 Å². The Balaban J connectivity index is 1.94. The minimum atomic E-state index is 0.0598. The van der Waals surface area contributed by atoms with Crippen molar-refractivity contribution in [1.82, 2.24) is 24.5 Å². The maximum atomic E-state index is 5.86. The van der Waals surface area contributed by atoms with E-state index in [1.54, 1.807) is 35.4 Å². The van der Waals surface area contributed by atoms with Gasteiger partial charge in [0.25, 0.3) is 0 Å². The summed E-state index contributed by atoms with van der Waals surface area (Å²) in [5.74, 6) is 0.977. The van der Waals surface area contributed by atoms with Gasteiger partial charge in [0.05, 0.1) is 0 Å². The van der Waals surface area contributed by atoms with Crippen molar-refractivity contribution in [3.63, 3.8) is 0 Å². The lowest BCUT2D eigenvalue weighted by Crippen LogP contribution is -2.03. The molecule has 0 N–H and O–H groups in total. The Labute approximate surface area is 113 Å². The number of benzene rings is 1. The summed E-state index contributed by atoms with van der Waals surface area (Å²) in [6.07, 6.45) is 4.89. The Morgan fingerprint density at radius 1 is 1.05 bits per heavy atom. The van der Waals surface area contributed by atoms with Gasteiger partial charge in [0.1, 0.15) is 12.1 Å². The zero-order chi connectivity index (χ0) is 13.1. The third-order valence-corrected chi connectivity index (χ3v) is 2.43. The fourth-order valence-electron chi connectivity index (χ4n) is 1.45. The highest BCUT2D eigenvalue weighted by Gasteiger charge is 2.08. The van der Waals surface area contributed by atoms with Crippen molar-refractivity contribution in [3.05, 3.63) is 54.3 Å². The average Bonchev–Trinajstić information content (AvgIpc) is 2.93. The second kappa shape index (κ2) is 5.03. The molecule has 0 aliphatic rings. The SMILES string of the molecule is Clc1nc(Oc2ccccc2)nc(-n2ccnc2)n1. The Morgan fingerprint density at radius 3 is 2.63 bits per heavy atom. The van der Waals surface area contributed by atoms with E-state index in [0.717, 1.165) is 0 Å². The van der Waals surface area contributed by atoms with Crippen molar-refractivity contribution in [2.24, 2.45) is 0 Å². The lowest BCUT2D eigenvalue weighted by atomic mass is 10.3. The van der Waals surface area contributed by atoms with Crippen LogP contribution in [0.2, 0.25) is 5.28 Å². The number of para-hydroxylation sites is 1. The predicted octanol–water partition coefficient (Wildman–Crippen LogP) is 2.50. The molecular formula is C12H8ClN5O. The smallest absolute Gasteiger partial charge is 0.328 e. The summed E-state index contributed by atoms with van der Waals surface area (Å²) < 4.78 is 7.13. The number of hydrogen-bond donors (Lipinski definition) is 0. The van der Waals surface area contributed by atoms with Crippen LogP contribution in [0.5, 0.6) is 11.8 Å². The molecule has 0 aliphatic carbocycles. The molecule has 0 saturated carbocycles. The van der Waals surface area contributed by atoms with Crippen LogP contribution in [-0.4, -0.2) is 24.5 Å². The van der Waals surface area contributed by atoms with Crippen LogP contribution >= 0.6 is 11.6 Å². The minimum absolute atomic E-state index is 0.0598. The number of halogens is 1. The summed E-state index contributed by atoms with van der Waals surface area (Å²) in [5.41, 5.74) is 0. The highest BCUT2D eigenvalue weighted by molar-refractivity contribution is 6.28. The largest absolute Gasteiger partial charge is 0.424 e. The molecule has 19 heavy (non-hydrogen) atoms. The molecule has 0 spiro atoms. The number of nitrogens with zero attached hydrogens (tertiary/aromatic N) is 5. The Bertz CT molecular complexity index is 672. The molecule has 3 rings (SSSR count). The molecule has 1 aromatic carbocycles. The van der Waals surface area contributed by atoms with E-state index in [1.807, 2.05) is 18.2 Å². The standard InChI is InChI=1S/C12H8ClN5O/c13-10-15-11(18-7-6-14-8-18)17-12(16-10)19-9-4-2-1-3-5-9/h1-8H. The molecular weight excluding hydrogens is 266 g/mol. The van der Waals surface area contributed by atoms with E-state index in [0.29, 0.717) is 11.7 Å². The van der Waals surface area contributed by atoms with Crippen LogP contribution in [-0.2, 0) is 0 Å². The fourth-order valence-corrected chi connectivity index (χ4v) is 1.60. The van der Waals surface area contributed by atoms with Gasteiger partial charge in [-0.1, -0.05) is 18.2 Å². The van der Waals surface area contributed by atoms with Crippen LogP contribution in [0.3, 0.4) is 0 Å². The molecule has 94 valence electrons. The topological polar surface area (TPSA) is 65.7 Å². The molecule has 2 aromatic heterocycles. The third kappa shape index (κ3) is 2.69. The summed E-state index contributed by atoms with van der Waals surface area (Å²) >= 11 is 5.86. The summed E-state index contributed by atoms with van der Waals surface area (Å²) in [6, 6.07) is 9.34. The van der Waals surface area contributed by atoms with Crippen molar-refractivity contribution < 1.29 is 4.74 Å². The van der Waals surface area contributed by atoms with Crippen LogP contribution < -0.4 is 4.74 Å². The van der Waals surface area contributed by atoms with E-state index in [2.05, 4.69) is 19.9 Å². The van der Waals surface area contributed by atoms with E-state index < -0.39 is 0 Å². The van der Waals surface area contributed by atoms with Crippen molar-refractivity contribution in [3.8, 4) is 17.7 Å². The predicted molar refractivity (Wildman–Crippen MR) is 68.5 cm³/mol. The minimum Gasteiger partial charge on any atom is -0.424 e. The first-order chi connectivity index (χ1) is 9.31. The fraction of sp³-hybridized carbons (Fsp3) is 0. The quantitative estimate of drug-likeness (QED) is 0.733. The number of hydrogen-bond acceptors (Lipinski definition) is 5. The number of aromatic nitrogens is 5. The van der Waals surface area contributed by atoms with Gasteiger partial charge >= 0.3 is 6.01 Å². The van der Waals surface area contributed by atoms with Crippen molar-refractivity contribution in [2.75, 3.05) is 0 Å². The van der Waals surface area contributed by atoms with E-state index >= 15 is 0 Å². The van der Waals surface area contributed by atoms with Gasteiger partial charge in [0.15, 0.2) is 0 Å². The van der Waals surface area contributed by atoms with Crippen molar-refractivity contribution in [2.45, 2.75) is 0 Å². The first-order valence-corrected chi connectivity index (χ1v) is 5.82. The molecule has 0 atom stereocenters. The number of ether oxygens (including phenoxy) is 1. The van der Waals surface area contributed by atoms with Gasteiger partial charge in [-0.15, -0.1) is 0 Å². The van der Waals surface area contributed by atoms with Gasteiger partial charge in [0, 0.05) is 12.4 Å². The Hall–Kier alpha value is -2.47. The zero-order valence-corrected chi connectivity index (χ0v) is 10.4. The lowest BCUT2D eigenvalue weighted by molar-refractivity contribution is 0.438. The van der Waals surface area contributed by atoms with Gasteiger partial charge < -0.3 is 4.74 Å². The molecule has 0 radical (unpaired) electrons. The maximum absolute atomic E-state index is 5.86. The molecule has 6 nitrogen and oxygen atoms in total. The highest BCUT2D eigenvalue weighted by Crippen LogP contribution is 2.18. The first-order valence-electron chi connectivity index (χ1n) is 5.44. The summed E-state index contributed by atoms with van der Waals surface area (Å²) in [5, 5.41) is 0.0598. The summed E-state index contributed by atoms with van der Waals surface area (Å²) in [6.45, 7) is 0. The molecule has 0 bridgehead atoms. The normalized spacial score (nSPS) is 10.4. The summed E-state index contributed by atoms with van der Waals surface area (Å²) in [4.78, 5) is 16.0. The van der Waals surface area contributed by atoms with Gasteiger partial charge in [-0.05, 0) is 23.7 Å². The Morgan fingerprint density at radius 2 is 1.89 bits per heavy atom. The molecule has 0 fully saturated rings. The van der Waals surface area contributed by atoms with Gasteiger partial charge in [0.2, 0.25) is 11.2 Å². The zero-order valence-electron chi connectivity index (χ0n) is 9.64. The Kier molecular flexibility index (Phi) is 3.07. The van der Waals surface area contributed by atoms with E-state index in [4.69, 9.17) is 16.3 Å². The monoisotopic (exact) mass is 273 g/mol. The van der Waals surface area contributed by atoms with Gasteiger partial charge in [-0.2, -0.15) is 15.0 Å². The highest BCUT2D eigenvalue weighted by atomic mass is 35.5. The molecule has 0 amide bonds. The van der Waals surface area contributed by atoms with Crippen molar-refractivity contribution >= 4 is 11.6 Å². The van der Waals surface area contributed by atoms with Crippen LogP contribution in [0.25, 0.3) is 5.95 Å². The molecule has 3 aromatic rings. The van der Waals surface area contributed by atoms with Gasteiger partial charge in [-0.25, -0.2) is 4.98 Å². The summed E-state index contributed by atoms with van der Waals surface area (Å²) in [7, 11) is 0. The molecule has 0 saturated heterocycles. The molecule has 0 aliphatic heterocycles.